The number of allylic oxidation sites excluding steroid dienone is 1. The Morgan fingerprint density at radius 3 is 2.64 bits per heavy atom. The van der Waals surface area contributed by atoms with E-state index in [0.717, 1.165) is 49.2 Å². The zero-order valence-electron chi connectivity index (χ0n) is 21.6. The molecule has 0 radical (unpaired) electrons. The summed E-state index contributed by atoms with van der Waals surface area (Å²) >= 11 is 0. The predicted molar refractivity (Wildman–Crippen MR) is 139 cm³/mol. The van der Waals surface area contributed by atoms with Gasteiger partial charge in [-0.15, -0.1) is 0 Å². The lowest BCUT2D eigenvalue weighted by atomic mass is 9.87. The summed E-state index contributed by atoms with van der Waals surface area (Å²) in [6.45, 7) is 5.34. The number of carbonyl (C=O) groups excluding carboxylic acids is 2. The van der Waals surface area contributed by atoms with Gasteiger partial charge < -0.3 is 25.0 Å². The second kappa shape index (κ2) is 11.3. The van der Waals surface area contributed by atoms with Gasteiger partial charge in [0.25, 0.3) is 5.91 Å². The van der Waals surface area contributed by atoms with Crippen LogP contribution in [0.5, 0.6) is 5.75 Å². The summed E-state index contributed by atoms with van der Waals surface area (Å²) < 4.78 is 12.1. The van der Waals surface area contributed by atoms with Crippen molar-refractivity contribution < 1.29 is 19.1 Å². The normalized spacial score (nSPS) is 31.1. The van der Waals surface area contributed by atoms with E-state index in [1.54, 1.807) is 4.90 Å². The third-order valence-corrected chi connectivity index (χ3v) is 8.64. The number of benzene rings is 1. The molecule has 2 heterocycles. The lowest BCUT2D eigenvalue weighted by molar-refractivity contribution is -0.126. The molecule has 5 rings (SSSR count). The third kappa shape index (κ3) is 5.62. The average Bonchev–Trinajstić information content (AvgIpc) is 3.04. The zero-order chi connectivity index (χ0) is 25.1. The van der Waals surface area contributed by atoms with Crippen molar-refractivity contribution in [2.45, 2.75) is 101 Å². The molecule has 1 saturated heterocycles. The number of hydrogen-bond donors (Lipinski definition) is 2. The Labute approximate surface area is 215 Å². The largest absolute Gasteiger partial charge is 0.489 e. The molecule has 7 nitrogen and oxygen atoms in total. The minimum absolute atomic E-state index is 0.0681. The van der Waals surface area contributed by atoms with Gasteiger partial charge in [0.2, 0.25) is 5.91 Å². The number of methoxy groups -OCH3 is 1. The van der Waals surface area contributed by atoms with E-state index in [0.29, 0.717) is 43.0 Å². The molecule has 2 aliphatic carbocycles. The van der Waals surface area contributed by atoms with Crippen molar-refractivity contribution in [1.29, 1.82) is 0 Å². The van der Waals surface area contributed by atoms with E-state index in [2.05, 4.69) is 17.2 Å². The first-order chi connectivity index (χ1) is 17.5. The number of carbonyl (C=O) groups is 2. The minimum Gasteiger partial charge on any atom is -0.489 e. The molecule has 196 valence electrons. The summed E-state index contributed by atoms with van der Waals surface area (Å²) in [6, 6.07) is 5.73. The SMILES string of the molecule is C=C1CCC(N2Cc3cc(OC4CCCCCC4NCC4CCC(OC)CC4)ccc3C2=O)C(=O)N1. The highest BCUT2D eigenvalue weighted by Crippen LogP contribution is 2.32. The van der Waals surface area contributed by atoms with Crippen molar-refractivity contribution in [1.82, 2.24) is 15.5 Å². The van der Waals surface area contributed by atoms with Crippen LogP contribution in [-0.4, -0.2) is 54.7 Å². The van der Waals surface area contributed by atoms with Gasteiger partial charge in [0.15, 0.2) is 0 Å². The van der Waals surface area contributed by atoms with Crippen LogP contribution < -0.4 is 15.4 Å². The van der Waals surface area contributed by atoms with Gasteiger partial charge in [0.1, 0.15) is 17.9 Å². The van der Waals surface area contributed by atoms with Crippen LogP contribution in [0.15, 0.2) is 30.5 Å². The molecule has 4 aliphatic rings. The van der Waals surface area contributed by atoms with Crippen molar-refractivity contribution in [3.05, 3.63) is 41.6 Å². The molecule has 2 amide bonds. The number of amides is 2. The number of nitrogens with one attached hydrogen (secondary N) is 2. The van der Waals surface area contributed by atoms with Crippen molar-refractivity contribution in [2.75, 3.05) is 13.7 Å². The fourth-order valence-electron chi connectivity index (χ4n) is 6.42. The first kappa shape index (κ1) is 25.3. The molecule has 1 aromatic rings. The van der Waals surface area contributed by atoms with Gasteiger partial charge in [-0.25, -0.2) is 0 Å². The summed E-state index contributed by atoms with van der Waals surface area (Å²) in [5.41, 5.74) is 2.36. The highest BCUT2D eigenvalue weighted by Gasteiger charge is 2.38. The molecule has 2 saturated carbocycles. The number of piperidine rings is 1. The van der Waals surface area contributed by atoms with Crippen molar-refractivity contribution in [3.8, 4) is 5.75 Å². The van der Waals surface area contributed by atoms with Gasteiger partial charge in [-0.2, -0.15) is 0 Å². The van der Waals surface area contributed by atoms with Gasteiger partial charge >= 0.3 is 0 Å². The molecule has 36 heavy (non-hydrogen) atoms. The minimum atomic E-state index is -0.436. The van der Waals surface area contributed by atoms with Crippen LogP contribution in [0.1, 0.15) is 86.6 Å². The van der Waals surface area contributed by atoms with Gasteiger partial charge in [-0.05, 0) is 94.0 Å². The number of hydrogen-bond acceptors (Lipinski definition) is 5. The smallest absolute Gasteiger partial charge is 0.255 e. The van der Waals surface area contributed by atoms with Crippen molar-refractivity contribution in [3.63, 3.8) is 0 Å². The maximum absolute atomic E-state index is 13.1. The predicted octanol–water partition coefficient (Wildman–Crippen LogP) is 4.31. The first-order valence-electron chi connectivity index (χ1n) is 13.9. The highest BCUT2D eigenvalue weighted by molar-refractivity contribution is 6.01. The zero-order valence-corrected chi connectivity index (χ0v) is 21.6. The Hall–Kier alpha value is -2.38. The van der Waals surface area contributed by atoms with E-state index in [-0.39, 0.29) is 17.9 Å². The van der Waals surface area contributed by atoms with Crippen LogP contribution in [0.3, 0.4) is 0 Å². The second-order valence-corrected chi connectivity index (χ2v) is 11.1. The maximum Gasteiger partial charge on any atom is 0.255 e. The summed E-state index contributed by atoms with van der Waals surface area (Å²) in [6.07, 6.45) is 12.5. The molecule has 0 aromatic heterocycles. The van der Waals surface area contributed by atoms with E-state index < -0.39 is 6.04 Å². The molecule has 3 atom stereocenters. The lowest BCUT2D eigenvalue weighted by Crippen LogP contribution is -2.49. The molecular weight excluding hydrogens is 454 g/mol. The number of ether oxygens (including phenoxy) is 2. The summed E-state index contributed by atoms with van der Waals surface area (Å²) in [7, 11) is 1.83. The maximum atomic E-state index is 13.1. The fourth-order valence-corrected chi connectivity index (χ4v) is 6.42. The van der Waals surface area contributed by atoms with E-state index in [9.17, 15) is 9.59 Å². The Morgan fingerprint density at radius 1 is 1.06 bits per heavy atom. The monoisotopic (exact) mass is 495 g/mol. The highest BCUT2D eigenvalue weighted by atomic mass is 16.5. The Balaban J connectivity index is 1.21. The Bertz CT molecular complexity index is 971. The molecule has 2 aliphatic heterocycles. The van der Waals surface area contributed by atoms with Gasteiger partial charge in [-0.1, -0.05) is 19.4 Å². The third-order valence-electron chi connectivity index (χ3n) is 8.64. The molecule has 3 unspecified atom stereocenters. The van der Waals surface area contributed by atoms with E-state index in [1.165, 1.54) is 32.1 Å². The fraction of sp³-hybridized carbons (Fsp3) is 0.655. The van der Waals surface area contributed by atoms with E-state index in [1.807, 2.05) is 25.3 Å². The Kier molecular flexibility index (Phi) is 7.96. The van der Waals surface area contributed by atoms with Crippen molar-refractivity contribution >= 4 is 11.8 Å². The Morgan fingerprint density at radius 2 is 1.86 bits per heavy atom. The second-order valence-electron chi connectivity index (χ2n) is 11.1. The molecule has 0 bridgehead atoms. The molecule has 2 N–H and O–H groups in total. The molecule has 1 aromatic carbocycles. The summed E-state index contributed by atoms with van der Waals surface area (Å²) in [5, 5.41) is 6.68. The van der Waals surface area contributed by atoms with E-state index in [4.69, 9.17) is 9.47 Å². The topological polar surface area (TPSA) is 79.9 Å². The summed E-state index contributed by atoms with van der Waals surface area (Å²) in [5.74, 6) is 1.34. The molecule has 7 heteroatoms. The number of nitrogens with zero attached hydrogens (tertiary/aromatic N) is 1. The lowest BCUT2D eigenvalue weighted by Gasteiger charge is -2.32. The van der Waals surface area contributed by atoms with Gasteiger partial charge in [-0.3, -0.25) is 9.59 Å². The van der Waals surface area contributed by atoms with Crippen LogP contribution in [0.4, 0.5) is 0 Å². The molecule has 3 fully saturated rings. The van der Waals surface area contributed by atoms with Crippen molar-refractivity contribution in [2.24, 2.45) is 5.92 Å². The summed E-state index contributed by atoms with van der Waals surface area (Å²) in [4.78, 5) is 27.3. The number of fused-ring (bicyclic) bond motifs is 1. The van der Waals surface area contributed by atoms with Gasteiger partial charge in [0, 0.05) is 31.0 Å². The quantitative estimate of drug-likeness (QED) is 0.551. The average molecular weight is 496 g/mol. The van der Waals surface area contributed by atoms with E-state index >= 15 is 0 Å². The molecule has 0 spiro atoms. The number of rotatable bonds is 7. The van der Waals surface area contributed by atoms with Crippen LogP contribution in [0.2, 0.25) is 0 Å². The van der Waals surface area contributed by atoms with Gasteiger partial charge in [0.05, 0.1) is 6.10 Å². The van der Waals surface area contributed by atoms with Crippen LogP contribution in [0, 0.1) is 5.92 Å². The van der Waals surface area contributed by atoms with Crippen LogP contribution in [0.25, 0.3) is 0 Å². The molecular formula is C29H41N3O4. The first-order valence-corrected chi connectivity index (χ1v) is 13.9. The van der Waals surface area contributed by atoms with Crippen LogP contribution in [-0.2, 0) is 16.1 Å². The standard InChI is InChI=1S/C29H41N3O4/c1-19-8-15-26(28(33)31-19)32-18-21-16-23(13-14-24(21)29(32)34)36-27-7-5-3-4-6-25(27)30-17-20-9-11-22(35-2)12-10-20/h13-14,16,20,22,25-27,30H,1,3-12,15,17-18H2,2H3,(H,31,33). The van der Waals surface area contributed by atoms with Crippen LogP contribution >= 0.6 is 0 Å².